The fourth-order valence-corrected chi connectivity index (χ4v) is 1.52. The van der Waals surface area contributed by atoms with E-state index in [1.807, 2.05) is 24.3 Å². The molecule has 5 heteroatoms. The van der Waals surface area contributed by atoms with Crippen LogP contribution in [-0.4, -0.2) is 30.1 Å². The average Bonchev–Trinajstić information content (AvgIpc) is 2.45. The van der Waals surface area contributed by atoms with Gasteiger partial charge in [0.2, 0.25) is 0 Å². The Balaban J connectivity index is 2.34. The Labute approximate surface area is 113 Å². The van der Waals surface area contributed by atoms with Crippen molar-refractivity contribution in [3.63, 3.8) is 0 Å². The van der Waals surface area contributed by atoms with Crippen LogP contribution in [0.25, 0.3) is 0 Å². The van der Waals surface area contributed by atoms with E-state index in [9.17, 15) is 9.59 Å². The summed E-state index contributed by atoms with van der Waals surface area (Å²) in [7, 11) is 0. The highest BCUT2D eigenvalue weighted by Crippen LogP contribution is 2.04. The van der Waals surface area contributed by atoms with Crippen molar-refractivity contribution in [1.82, 2.24) is 10.6 Å². The van der Waals surface area contributed by atoms with Crippen molar-refractivity contribution in [2.45, 2.75) is 26.3 Å². The predicted octanol–water partition coefficient (Wildman–Crippen LogP) is 0.364. The molecule has 0 unspecified atom stereocenters. The monoisotopic (exact) mass is 264 g/mol. The minimum absolute atomic E-state index is 0.00826. The van der Waals surface area contributed by atoms with E-state index in [4.69, 9.17) is 5.11 Å². The molecule has 0 atom stereocenters. The van der Waals surface area contributed by atoms with Crippen molar-refractivity contribution < 1.29 is 14.7 Å². The lowest BCUT2D eigenvalue weighted by Gasteiger charge is -2.06. The van der Waals surface area contributed by atoms with Crippen LogP contribution >= 0.6 is 0 Å². The number of amides is 2. The first-order chi connectivity index (χ1) is 9.17. The van der Waals surface area contributed by atoms with E-state index in [1.54, 1.807) is 0 Å². The number of aryl methyl sites for hydroxylation is 1. The summed E-state index contributed by atoms with van der Waals surface area (Å²) in [4.78, 5) is 22.8. The van der Waals surface area contributed by atoms with E-state index in [0.29, 0.717) is 19.5 Å². The van der Waals surface area contributed by atoms with Crippen molar-refractivity contribution in [3.8, 4) is 0 Å². The van der Waals surface area contributed by atoms with E-state index in [0.717, 1.165) is 12.0 Å². The maximum absolute atomic E-state index is 11.4. The smallest absolute Gasteiger partial charge is 0.309 e. The van der Waals surface area contributed by atoms with Gasteiger partial charge in [0.15, 0.2) is 0 Å². The molecule has 0 bridgehead atoms. The zero-order valence-corrected chi connectivity index (χ0v) is 11.1. The van der Waals surface area contributed by atoms with Crippen LogP contribution in [0.3, 0.4) is 0 Å². The zero-order valence-electron chi connectivity index (χ0n) is 11.1. The van der Waals surface area contributed by atoms with Crippen LogP contribution in [0.5, 0.6) is 0 Å². The summed E-state index contributed by atoms with van der Waals surface area (Å²) in [5.74, 6) is -1.32. The number of carbonyl (C=O) groups excluding carboxylic acids is 2. The van der Waals surface area contributed by atoms with Crippen LogP contribution in [-0.2, 0) is 22.6 Å². The molecule has 1 aromatic rings. The summed E-state index contributed by atoms with van der Waals surface area (Å²) >= 11 is 0. The van der Waals surface area contributed by atoms with Crippen molar-refractivity contribution in [2.24, 2.45) is 0 Å². The van der Waals surface area contributed by atoms with Gasteiger partial charge in [-0.15, -0.1) is 0 Å². The minimum Gasteiger partial charge on any atom is -0.396 e. The standard InChI is InChI=1S/C14H20N2O3/c1-2-11-4-6-12(7-5-11)10-16-14(19)13(18)15-8-3-9-17/h4-7,17H,2-3,8-10H2,1H3,(H,15,18)(H,16,19). The number of rotatable bonds is 6. The molecule has 1 rings (SSSR count). The summed E-state index contributed by atoms with van der Waals surface area (Å²) in [6.45, 7) is 2.70. The van der Waals surface area contributed by atoms with Gasteiger partial charge in [-0.25, -0.2) is 0 Å². The van der Waals surface area contributed by atoms with E-state index >= 15 is 0 Å². The average molecular weight is 264 g/mol. The highest BCUT2D eigenvalue weighted by Gasteiger charge is 2.11. The van der Waals surface area contributed by atoms with E-state index in [-0.39, 0.29) is 6.61 Å². The maximum atomic E-state index is 11.4. The molecule has 0 spiro atoms. The van der Waals surface area contributed by atoms with Gasteiger partial charge in [-0.3, -0.25) is 9.59 Å². The van der Waals surface area contributed by atoms with Gasteiger partial charge in [-0.1, -0.05) is 31.2 Å². The van der Waals surface area contributed by atoms with Gasteiger partial charge < -0.3 is 15.7 Å². The number of aliphatic hydroxyl groups excluding tert-OH is 1. The van der Waals surface area contributed by atoms with Crippen molar-refractivity contribution >= 4 is 11.8 Å². The first-order valence-corrected chi connectivity index (χ1v) is 6.42. The molecule has 3 N–H and O–H groups in total. The number of hydrogen-bond donors (Lipinski definition) is 3. The number of aliphatic hydroxyl groups is 1. The number of hydrogen-bond acceptors (Lipinski definition) is 3. The normalized spacial score (nSPS) is 10.0. The fourth-order valence-electron chi connectivity index (χ4n) is 1.52. The van der Waals surface area contributed by atoms with Crippen LogP contribution in [0, 0.1) is 0 Å². The second-order valence-corrected chi connectivity index (χ2v) is 4.19. The van der Waals surface area contributed by atoms with Gasteiger partial charge in [0.05, 0.1) is 0 Å². The first kappa shape index (κ1) is 15.2. The second kappa shape index (κ2) is 8.26. The summed E-state index contributed by atoms with van der Waals surface area (Å²) in [5.41, 5.74) is 2.19. The van der Waals surface area contributed by atoms with Crippen LogP contribution in [0.1, 0.15) is 24.5 Å². The first-order valence-electron chi connectivity index (χ1n) is 6.42. The van der Waals surface area contributed by atoms with Gasteiger partial charge in [-0.05, 0) is 24.0 Å². The highest BCUT2D eigenvalue weighted by molar-refractivity contribution is 6.35. The summed E-state index contributed by atoms with van der Waals surface area (Å²) in [5, 5.41) is 13.5. The molecule has 5 nitrogen and oxygen atoms in total. The lowest BCUT2D eigenvalue weighted by molar-refractivity contribution is -0.139. The minimum atomic E-state index is -0.668. The van der Waals surface area contributed by atoms with E-state index < -0.39 is 11.8 Å². The Hall–Kier alpha value is -1.88. The summed E-state index contributed by atoms with van der Waals surface area (Å²) in [6.07, 6.45) is 1.41. The second-order valence-electron chi connectivity index (χ2n) is 4.19. The Morgan fingerprint density at radius 1 is 1.05 bits per heavy atom. The number of benzene rings is 1. The zero-order chi connectivity index (χ0) is 14.1. The van der Waals surface area contributed by atoms with Gasteiger partial charge in [0.25, 0.3) is 0 Å². The molecule has 0 saturated carbocycles. The molecule has 1 aromatic carbocycles. The molecule has 0 heterocycles. The van der Waals surface area contributed by atoms with Gasteiger partial charge in [0, 0.05) is 19.7 Å². The van der Waals surface area contributed by atoms with E-state index in [2.05, 4.69) is 17.6 Å². The highest BCUT2D eigenvalue weighted by atomic mass is 16.3. The molecule has 0 aliphatic heterocycles. The van der Waals surface area contributed by atoms with Gasteiger partial charge in [-0.2, -0.15) is 0 Å². The third-order valence-electron chi connectivity index (χ3n) is 2.71. The van der Waals surface area contributed by atoms with Gasteiger partial charge >= 0.3 is 11.8 Å². The fraction of sp³-hybridized carbons (Fsp3) is 0.429. The number of carbonyl (C=O) groups is 2. The van der Waals surface area contributed by atoms with Crippen LogP contribution in [0.15, 0.2) is 24.3 Å². The summed E-state index contributed by atoms with van der Waals surface area (Å²) in [6, 6.07) is 7.87. The Kier molecular flexibility index (Phi) is 6.60. The molecule has 2 amide bonds. The molecule has 19 heavy (non-hydrogen) atoms. The predicted molar refractivity (Wildman–Crippen MR) is 72.4 cm³/mol. The van der Waals surface area contributed by atoms with Crippen molar-refractivity contribution in [2.75, 3.05) is 13.2 Å². The topological polar surface area (TPSA) is 78.4 Å². The Bertz CT molecular complexity index is 415. The van der Waals surface area contributed by atoms with E-state index in [1.165, 1.54) is 5.56 Å². The quantitative estimate of drug-likeness (QED) is 0.513. The largest absolute Gasteiger partial charge is 0.396 e. The molecule has 0 saturated heterocycles. The SMILES string of the molecule is CCc1ccc(CNC(=O)C(=O)NCCCO)cc1. The summed E-state index contributed by atoms with van der Waals surface area (Å²) < 4.78 is 0. The Morgan fingerprint density at radius 3 is 2.21 bits per heavy atom. The third kappa shape index (κ3) is 5.52. The molecular weight excluding hydrogens is 244 g/mol. The Morgan fingerprint density at radius 2 is 1.63 bits per heavy atom. The van der Waals surface area contributed by atoms with Gasteiger partial charge in [0.1, 0.15) is 0 Å². The lowest BCUT2D eigenvalue weighted by Crippen LogP contribution is -2.40. The molecule has 0 radical (unpaired) electrons. The lowest BCUT2D eigenvalue weighted by atomic mass is 10.1. The molecule has 0 fully saturated rings. The molecule has 104 valence electrons. The molecule has 0 aliphatic carbocycles. The van der Waals surface area contributed by atoms with Crippen molar-refractivity contribution in [1.29, 1.82) is 0 Å². The molecule has 0 aliphatic rings. The molecular formula is C14H20N2O3. The molecule has 0 aromatic heterocycles. The van der Waals surface area contributed by atoms with Crippen molar-refractivity contribution in [3.05, 3.63) is 35.4 Å². The van der Waals surface area contributed by atoms with Crippen LogP contribution < -0.4 is 10.6 Å². The van der Waals surface area contributed by atoms with Crippen LogP contribution in [0.4, 0.5) is 0 Å². The number of nitrogens with one attached hydrogen (secondary N) is 2. The van der Waals surface area contributed by atoms with Crippen LogP contribution in [0.2, 0.25) is 0 Å². The maximum Gasteiger partial charge on any atom is 0.309 e. The third-order valence-corrected chi connectivity index (χ3v) is 2.71.